The van der Waals surface area contributed by atoms with Gasteiger partial charge in [-0.1, -0.05) is 48.0 Å². The lowest BCUT2D eigenvalue weighted by atomic mass is 9.78. The topological polar surface area (TPSA) is 96.4 Å². The molecule has 0 aliphatic carbocycles. The molecule has 4 heterocycles. The number of likely N-dealkylation sites (tertiary alicyclic amines) is 1. The normalized spacial score (nSPS) is 34.5. The number of aliphatic hydroxyl groups excluding tert-OH is 1. The van der Waals surface area contributed by atoms with Crippen LogP contribution in [0.25, 0.3) is 0 Å². The maximum absolute atomic E-state index is 14.2. The monoisotopic (exact) mass is 500 g/mol. The molecule has 0 radical (unpaired) electrons. The fraction of sp³-hybridized carbons (Fsp3) is 0.500. The van der Waals surface area contributed by atoms with Gasteiger partial charge in [-0.2, -0.15) is 0 Å². The third kappa shape index (κ3) is 3.79. The Morgan fingerprint density at radius 3 is 2.74 bits per heavy atom. The van der Waals surface area contributed by atoms with Crippen LogP contribution in [0.1, 0.15) is 26.2 Å². The van der Waals surface area contributed by atoms with Gasteiger partial charge in [0, 0.05) is 6.54 Å². The second-order valence-electron chi connectivity index (χ2n) is 9.51. The van der Waals surface area contributed by atoms with Gasteiger partial charge in [0.15, 0.2) is 0 Å². The molecule has 35 heavy (non-hydrogen) atoms. The first-order valence-electron chi connectivity index (χ1n) is 12.1. The molecule has 1 unspecified atom stereocenters. The van der Waals surface area contributed by atoms with E-state index in [0.717, 1.165) is 19.3 Å². The molecule has 9 heteroatoms. The minimum Gasteiger partial charge on any atom is -0.465 e. The van der Waals surface area contributed by atoms with E-state index in [2.05, 4.69) is 0 Å². The lowest BCUT2D eigenvalue weighted by Crippen LogP contribution is -2.57. The van der Waals surface area contributed by atoms with Crippen LogP contribution in [0.2, 0.25) is 5.02 Å². The molecule has 6 atom stereocenters. The molecule has 2 fully saturated rings. The molecule has 0 bridgehead atoms. The highest BCUT2D eigenvalue weighted by atomic mass is 35.5. The Bertz CT molecular complexity index is 1090. The van der Waals surface area contributed by atoms with Crippen molar-refractivity contribution in [3.8, 4) is 0 Å². The van der Waals surface area contributed by atoms with E-state index < -0.39 is 47.5 Å². The number of cyclic esters (lactones) is 1. The summed E-state index contributed by atoms with van der Waals surface area (Å²) in [6.07, 6.45) is 9.07. The molecule has 4 aliphatic rings. The van der Waals surface area contributed by atoms with Crippen molar-refractivity contribution in [3.63, 3.8) is 0 Å². The number of esters is 1. The zero-order valence-corrected chi connectivity index (χ0v) is 20.3. The van der Waals surface area contributed by atoms with E-state index in [1.807, 2.05) is 12.2 Å². The summed E-state index contributed by atoms with van der Waals surface area (Å²) in [5.74, 6) is -3.11. The first-order valence-corrected chi connectivity index (χ1v) is 12.5. The standard InChI is InChI=1S/C26H29ClN2O6/c1-16(15-30)29-22-24(32)28(18-10-6-5-9-17(18)27)13-8-12-26(22)21(23(29)31)20-19(35-26)11-4-2-3-7-14-34-25(20)33/h4-6,8-12,16,19-22,30H,2-3,7,13-15H2,1H3/b11-4-/t16-,19-,20+,21+,22?,26+/m1/s1. The number of allylic oxidation sites excluding steroid dienone is 1. The van der Waals surface area contributed by atoms with Crippen LogP contribution in [-0.2, 0) is 23.9 Å². The van der Waals surface area contributed by atoms with Gasteiger partial charge < -0.3 is 24.4 Å². The second kappa shape index (κ2) is 9.41. The first-order chi connectivity index (χ1) is 16.9. The van der Waals surface area contributed by atoms with Crippen molar-refractivity contribution < 1.29 is 29.0 Å². The van der Waals surface area contributed by atoms with Crippen LogP contribution in [0.5, 0.6) is 0 Å². The van der Waals surface area contributed by atoms with E-state index in [-0.39, 0.29) is 25.7 Å². The summed E-state index contributed by atoms with van der Waals surface area (Å²) in [5.41, 5.74) is -0.856. The summed E-state index contributed by atoms with van der Waals surface area (Å²) in [6.45, 7) is 1.84. The molecule has 2 amide bonds. The number of amides is 2. The number of ether oxygens (including phenoxy) is 2. The summed E-state index contributed by atoms with van der Waals surface area (Å²) in [7, 11) is 0. The van der Waals surface area contributed by atoms with Crippen molar-refractivity contribution in [2.75, 3.05) is 24.7 Å². The molecular weight excluding hydrogens is 472 g/mol. The summed E-state index contributed by atoms with van der Waals surface area (Å²) >= 11 is 6.43. The third-order valence-electron chi connectivity index (χ3n) is 7.42. The molecule has 5 rings (SSSR count). The van der Waals surface area contributed by atoms with Gasteiger partial charge in [0.2, 0.25) is 5.91 Å². The molecule has 1 aromatic carbocycles. The molecule has 2 saturated heterocycles. The Hall–Kier alpha value is -2.68. The molecule has 0 aromatic heterocycles. The number of carbonyl (C=O) groups is 3. The second-order valence-corrected chi connectivity index (χ2v) is 9.92. The van der Waals surface area contributed by atoms with Crippen LogP contribution in [0.15, 0.2) is 48.6 Å². The van der Waals surface area contributed by atoms with Gasteiger partial charge in [-0.05, 0) is 38.3 Å². The van der Waals surface area contributed by atoms with E-state index in [9.17, 15) is 19.5 Å². The number of fused-ring (bicyclic) bond motifs is 2. The van der Waals surface area contributed by atoms with Gasteiger partial charge in [0.25, 0.3) is 5.91 Å². The van der Waals surface area contributed by atoms with Gasteiger partial charge in [0.05, 0.1) is 42.0 Å². The average Bonchev–Trinajstić information content (AvgIpc) is 3.24. The highest BCUT2D eigenvalue weighted by Crippen LogP contribution is 2.53. The predicted molar refractivity (Wildman–Crippen MR) is 129 cm³/mol. The Labute approximate surface area is 209 Å². The molecule has 4 aliphatic heterocycles. The smallest absolute Gasteiger partial charge is 0.312 e. The SMILES string of the molecule is C[C@H](CO)N1C(=O)[C@@H]2[C@H]3C(=O)OCCCC/C=C\[C@H]3O[C@@]23C=CCN(c2ccccc2Cl)C(=O)C13. The number of hydrogen-bond donors (Lipinski definition) is 1. The van der Waals surface area contributed by atoms with E-state index >= 15 is 0 Å². The van der Waals surface area contributed by atoms with Crippen LogP contribution >= 0.6 is 11.6 Å². The Morgan fingerprint density at radius 2 is 1.97 bits per heavy atom. The van der Waals surface area contributed by atoms with Crippen LogP contribution in [0, 0.1) is 11.8 Å². The number of anilines is 1. The zero-order chi connectivity index (χ0) is 24.7. The number of nitrogens with zero attached hydrogens (tertiary/aromatic N) is 2. The number of aliphatic hydroxyl groups is 1. The van der Waals surface area contributed by atoms with Gasteiger partial charge in [-0.15, -0.1) is 0 Å². The van der Waals surface area contributed by atoms with Crippen molar-refractivity contribution in [2.24, 2.45) is 11.8 Å². The molecule has 8 nitrogen and oxygen atoms in total. The van der Waals surface area contributed by atoms with E-state index in [4.69, 9.17) is 21.1 Å². The van der Waals surface area contributed by atoms with Gasteiger partial charge in [0.1, 0.15) is 17.6 Å². The third-order valence-corrected chi connectivity index (χ3v) is 7.74. The molecular formula is C26H29ClN2O6. The maximum Gasteiger partial charge on any atom is 0.312 e. The Morgan fingerprint density at radius 1 is 1.17 bits per heavy atom. The lowest BCUT2D eigenvalue weighted by molar-refractivity contribution is -0.155. The largest absolute Gasteiger partial charge is 0.465 e. The predicted octanol–water partition coefficient (Wildman–Crippen LogP) is 2.49. The van der Waals surface area contributed by atoms with E-state index in [1.54, 1.807) is 43.3 Å². The zero-order valence-electron chi connectivity index (χ0n) is 19.5. The van der Waals surface area contributed by atoms with Crippen molar-refractivity contribution in [3.05, 3.63) is 53.6 Å². The first kappa shape index (κ1) is 24.0. The number of para-hydroxylation sites is 1. The molecule has 0 saturated carbocycles. The van der Waals surface area contributed by atoms with Gasteiger partial charge in [-0.3, -0.25) is 14.4 Å². The van der Waals surface area contributed by atoms with E-state index in [1.165, 1.54) is 9.80 Å². The Balaban J connectivity index is 1.64. The minimum absolute atomic E-state index is 0.224. The summed E-state index contributed by atoms with van der Waals surface area (Å²) < 4.78 is 12.1. The van der Waals surface area contributed by atoms with Crippen LogP contribution < -0.4 is 4.90 Å². The maximum atomic E-state index is 14.2. The highest BCUT2D eigenvalue weighted by molar-refractivity contribution is 6.34. The van der Waals surface area contributed by atoms with Crippen LogP contribution in [-0.4, -0.2) is 71.3 Å². The minimum atomic E-state index is -1.37. The van der Waals surface area contributed by atoms with Crippen molar-refractivity contribution in [1.82, 2.24) is 4.90 Å². The fourth-order valence-corrected chi connectivity index (χ4v) is 6.04. The Kier molecular flexibility index (Phi) is 6.46. The van der Waals surface area contributed by atoms with Crippen molar-refractivity contribution in [2.45, 2.75) is 50.0 Å². The average molecular weight is 501 g/mol. The lowest BCUT2D eigenvalue weighted by Gasteiger charge is -2.37. The molecule has 1 N–H and O–H groups in total. The number of hydrogen-bond acceptors (Lipinski definition) is 6. The van der Waals surface area contributed by atoms with E-state index in [0.29, 0.717) is 10.7 Å². The quantitative estimate of drug-likeness (QED) is 0.506. The number of benzene rings is 1. The van der Waals surface area contributed by atoms with Gasteiger partial charge in [-0.25, -0.2) is 0 Å². The van der Waals surface area contributed by atoms with Crippen LogP contribution in [0.4, 0.5) is 5.69 Å². The van der Waals surface area contributed by atoms with Crippen LogP contribution in [0.3, 0.4) is 0 Å². The van der Waals surface area contributed by atoms with Crippen molar-refractivity contribution >= 4 is 35.1 Å². The number of halogens is 1. The van der Waals surface area contributed by atoms with Crippen molar-refractivity contribution in [1.29, 1.82) is 0 Å². The van der Waals surface area contributed by atoms with Gasteiger partial charge >= 0.3 is 5.97 Å². The summed E-state index contributed by atoms with van der Waals surface area (Å²) in [4.78, 5) is 44.2. The fourth-order valence-electron chi connectivity index (χ4n) is 5.81. The highest BCUT2D eigenvalue weighted by Gasteiger charge is 2.72. The number of rotatable bonds is 3. The molecule has 186 valence electrons. The molecule has 1 spiro atoms. The summed E-state index contributed by atoms with van der Waals surface area (Å²) in [6, 6.07) is 5.28. The summed E-state index contributed by atoms with van der Waals surface area (Å²) in [5, 5.41) is 10.4. The number of carbonyl (C=O) groups excluding carboxylic acids is 3. The molecule has 1 aromatic rings.